The smallest absolute Gasteiger partial charge is 0.341 e. The van der Waals surface area contributed by atoms with E-state index in [9.17, 15) is 14.7 Å². The molecule has 4 N–H and O–H groups in total. The molecule has 0 unspecified atom stereocenters. The molecule has 1 aromatic heterocycles. The first-order chi connectivity index (χ1) is 14.0. The van der Waals surface area contributed by atoms with Crippen LogP contribution in [-0.2, 0) is 0 Å². The highest BCUT2D eigenvalue weighted by Gasteiger charge is 2.38. The number of halogens is 2. The van der Waals surface area contributed by atoms with Crippen molar-refractivity contribution in [3.05, 3.63) is 33.9 Å². The minimum absolute atomic E-state index is 0. The van der Waals surface area contributed by atoms with E-state index in [-0.39, 0.29) is 34.9 Å². The number of aromatic nitrogens is 1. The predicted octanol–water partition coefficient (Wildman–Crippen LogP) is 1.97. The summed E-state index contributed by atoms with van der Waals surface area (Å²) in [6.45, 7) is 2.40. The molecule has 1 saturated carbocycles. The third-order valence-corrected chi connectivity index (χ3v) is 6.49. The Balaban J connectivity index is 0.00000136. The van der Waals surface area contributed by atoms with Gasteiger partial charge in [-0.3, -0.25) is 4.79 Å². The Morgan fingerprint density at radius 2 is 2.03 bits per heavy atom. The SMILES string of the molecule is COc1c(N2C[C@H]3CCCN[C@H]3C2)c(F)cc2c(=O)c(C(=O)O)cn(C3CC3)c12.Cl.O. The summed E-state index contributed by atoms with van der Waals surface area (Å²) in [5.41, 5.74) is -0.155. The summed E-state index contributed by atoms with van der Waals surface area (Å²) in [6.07, 6.45) is 5.40. The molecule has 0 spiro atoms. The van der Waals surface area contributed by atoms with Crippen LogP contribution in [0.15, 0.2) is 17.1 Å². The van der Waals surface area contributed by atoms with E-state index in [0.717, 1.165) is 38.8 Å². The van der Waals surface area contributed by atoms with Crippen molar-refractivity contribution in [2.24, 2.45) is 5.92 Å². The zero-order valence-corrected chi connectivity index (χ0v) is 18.0. The second kappa shape index (κ2) is 8.64. The van der Waals surface area contributed by atoms with Gasteiger partial charge in [0.2, 0.25) is 5.43 Å². The molecular formula is C21H27ClFN3O5. The number of anilines is 1. The molecule has 0 amide bonds. The lowest BCUT2D eigenvalue weighted by Crippen LogP contribution is -2.40. The lowest BCUT2D eigenvalue weighted by molar-refractivity contribution is 0.0694. The summed E-state index contributed by atoms with van der Waals surface area (Å²) in [7, 11) is 1.48. The number of hydrogen-bond acceptors (Lipinski definition) is 5. The van der Waals surface area contributed by atoms with Gasteiger partial charge in [-0.05, 0) is 44.2 Å². The van der Waals surface area contributed by atoms with Crippen molar-refractivity contribution in [2.45, 2.75) is 37.8 Å². The maximum atomic E-state index is 15.3. The molecule has 0 radical (unpaired) electrons. The minimum Gasteiger partial charge on any atom is -0.492 e. The lowest BCUT2D eigenvalue weighted by Gasteiger charge is -2.25. The first-order valence-electron chi connectivity index (χ1n) is 10.2. The molecule has 31 heavy (non-hydrogen) atoms. The van der Waals surface area contributed by atoms with Crippen LogP contribution in [0.1, 0.15) is 42.1 Å². The van der Waals surface area contributed by atoms with E-state index >= 15 is 4.39 Å². The lowest BCUT2D eigenvalue weighted by atomic mass is 9.94. The summed E-state index contributed by atoms with van der Waals surface area (Å²) >= 11 is 0. The first kappa shape index (κ1) is 23.3. The van der Waals surface area contributed by atoms with E-state index < -0.39 is 17.2 Å². The number of ether oxygens (including phenoxy) is 1. The average Bonchev–Trinajstić information content (AvgIpc) is 3.45. The number of pyridine rings is 1. The van der Waals surface area contributed by atoms with Gasteiger partial charge < -0.3 is 30.1 Å². The van der Waals surface area contributed by atoms with Crippen LogP contribution >= 0.6 is 12.4 Å². The van der Waals surface area contributed by atoms with Gasteiger partial charge in [-0.15, -0.1) is 12.4 Å². The van der Waals surface area contributed by atoms with Crippen LogP contribution in [0, 0.1) is 11.7 Å². The maximum absolute atomic E-state index is 15.3. The van der Waals surface area contributed by atoms with Gasteiger partial charge in [-0.25, -0.2) is 9.18 Å². The number of fused-ring (bicyclic) bond motifs is 2. The van der Waals surface area contributed by atoms with Crippen molar-refractivity contribution < 1.29 is 24.5 Å². The summed E-state index contributed by atoms with van der Waals surface area (Å²) in [5, 5.41) is 13.0. The number of carbonyl (C=O) groups is 1. The fraction of sp³-hybridized carbons (Fsp3) is 0.524. The second-order valence-electron chi connectivity index (χ2n) is 8.32. The fourth-order valence-corrected chi connectivity index (χ4v) is 4.95. The molecule has 2 aromatic rings. The number of carboxylic acids is 1. The molecule has 2 saturated heterocycles. The largest absolute Gasteiger partial charge is 0.492 e. The number of nitrogens with one attached hydrogen (secondary N) is 1. The first-order valence-corrected chi connectivity index (χ1v) is 10.2. The Kier molecular flexibility index (Phi) is 6.50. The number of hydrogen-bond donors (Lipinski definition) is 2. The van der Waals surface area contributed by atoms with Crippen molar-refractivity contribution in [2.75, 3.05) is 31.6 Å². The molecular weight excluding hydrogens is 429 g/mol. The molecule has 1 aliphatic carbocycles. The van der Waals surface area contributed by atoms with E-state index in [4.69, 9.17) is 4.74 Å². The van der Waals surface area contributed by atoms with Gasteiger partial charge in [0.05, 0.1) is 18.0 Å². The van der Waals surface area contributed by atoms with Crippen LogP contribution in [0.3, 0.4) is 0 Å². The van der Waals surface area contributed by atoms with Gasteiger partial charge in [0.25, 0.3) is 0 Å². The molecule has 2 aliphatic heterocycles. The van der Waals surface area contributed by atoms with Crippen LogP contribution in [0.5, 0.6) is 5.75 Å². The standard InChI is InChI=1S/C21H24FN3O4.ClH.H2O/c1-29-20-17-13(19(26)14(21(27)28)9-25(17)12-4-5-12)7-15(22)18(20)24-8-11-3-2-6-23-16(11)10-24;;/h7,9,11-12,16,23H,2-6,8,10H2,1H3,(H,27,28);1H;1H2/t11-,16+;;/m1../s1. The summed E-state index contributed by atoms with van der Waals surface area (Å²) in [6, 6.07) is 1.62. The average molecular weight is 456 g/mol. The number of piperidine rings is 1. The third kappa shape index (κ3) is 3.75. The maximum Gasteiger partial charge on any atom is 0.341 e. The van der Waals surface area contributed by atoms with E-state index in [1.54, 1.807) is 4.57 Å². The summed E-state index contributed by atoms with van der Waals surface area (Å²) < 4.78 is 22.8. The van der Waals surface area contributed by atoms with Crippen molar-refractivity contribution in [3.8, 4) is 5.75 Å². The van der Waals surface area contributed by atoms with Crippen LogP contribution in [0.4, 0.5) is 10.1 Å². The summed E-state index contributed by atoms with van der Waals surface area (Å²) in [4.78, 5) is 26.4. The van der Waals surface area contributed by atoms with Gasteiger partial charge in [0.15, 0.2) is 11.6 Å². The zero-order valence-electron chi connectivity index (χ0n) is 17.2. The Hall–Kier alpha value is -2.36. The van der Waals surface area contributed by atoms with E-state index in [1.165, 1.54) is 19.4 Å². The number of benzene rings is 1. The minimum atomic E-state index is -1.30. The molecule has 1 aromatic carbocycles. The van der Waals surface area contributed by atoms with Crippen molar-refractivity contribution in [3.63, 3.8) is 0 Å². The molecule has 3 aliphatic rings. The number of methoxy groups -OCH3 is 1. The van der Waals surface area contributed by atoms with Gasteiger partial charge in [0, 0.05) is 31.4 Å². The quantitative estimate of drug-likeness (QED) is 0.728. The molecule has 5 rings (SSSR count). The second-order valence-corrected chi connectivity index (χ2v) is 8.32. The molecule has 2 atom stereocenters. The Morgan fingerprint density at radius 1 is 1.29 bits per heavy atom. The monoisotopic (exact) mass is 455 g/mol. The van der Waals surface area contributed by atoms with Gasteiger partial charge in [0.1, 0.15) is 11.3 Å². The van der Waals surface area contributed by atoms with Crippen LogP contribution in [0.2, 0.25) is 0 Å². The Bertz CT molecular complexity index is 1060. The zero-order chi connectivity index (χ0) is 20.3. The van der Waals surface area contributed by atoms with Crippen LogP contribution < -0.4 is 20.4 Å². The van der Waals surface area contributed by atoms with Gasteiger partial charge >= 0.3 is 5.97 Å². The molecule has 3 heterocycles. The molecule has 3 fully saturated rings. The molecule has 8 nitrogen and oxygen atoms in total. The molecule has 0 bridgehead atoms. The number of nitrogens with zero attached hydrogens (tertiary/aromatic N) is 2. The van der Waals surface area contributed by atoms with Gasteiger partial charge in [-0.1, -0.05) is 0 Å². The highest BCUT2D eigenvalue weighted by atomic mass is 35.5. The number of rotatable bonds is 4. The Labute approximate surface area is 184 Å². The molecule has 10 heteroatoms. The van der Waals surface area contributed by atoms with E-state index in [2.05, 4.69) is 5.32 Å². The van der Waals surface area contributed by atoms with Crippen molar-refractivity contribution in [1.82, 2.24) is 9.88 Å². The number of carboxylic acid groups (broad SMARTS) is 1. The van der Waals surface area contributed by atoms with Crippen LogP contribution in [0.25, 0.3) is 10.9 Å². The third-order valence-electron chi connectivity index (χ3n) is 6.49. The van der Waals surface area contributed by atoms with E-state index in [0.29, 0.717) is 35.5 Å². The normalized spacial score (nSPS) is 22.5. The van der Waals surface area contributed by atoms with Gasteiger partial charge in [-0.2, -0.15) is 0 Å². The Morgan fingerprint density at radius 3 is 2.65 bits per heavy atom. The topological polar surface area (TPSA) is 115 Å². The predicted molar refractivity (Wildman–Crippen MR) is 118 cm³/mol. The van der Waals surface area contributed by atoms with Crippen molar-refractivity contribution >= 4 is 35.0 Å². The highest BCUT2D eigenvalue weighted by molar-refractivity contribution is 5.97. The van der Waals surface area contributed by atoms with Crippen LogP contribution in [-0.4, -0.2) is 53.9 Å². The summed E-state index contributed by atoms with van der Waals surface area (Å²) in [5.74, 6) is -1.07. The fourth-order valence-electron chi connectivity index (χ4n) is 4.95. The molecule has 170 valence electrons. The highest BCUT2D eigenvalue weighted by Crippen LogP contribution is 2.45. The number of aromatic carboxylic acids is 1. The van der Waals surface area contributed by atoms with E-state index in [1.807, 2.05) is 4.90 Å². The van der Waals surface area contributed by atoms with Crippen molar-refractivity contribution in [1.29, 1.82) is 0 Å².